The van der Waals surface area contributed by atoms with Gasteiger partial charge in [0.25, 0.3) is 5.56 Å². The Morgan fingerprint density at radius 3 is 1.75 bits per heavy atom. The Labute approximate surface area is 327 Å². The van der Waals surface area contributed by atoms with Gasteiger partial charge in [0.05, 0.1) is 12.3 Å². The summed E-state index contributed by atoms with van der Waals surface area (Å²) in [6.45, 7) is 3.54. The fraction of sp³-hybridized carbons (Fsp3) is 0.128. The molecule has 0 aliphatic rings. The summed E-state index contributed by atoms with van der Waals surface area (Å²) >= 11 is 0. The van der Waals surface area contributed by atoms with Crippen molar-refractivity contribution in [2.45, 2.75) is 21.3 Å². The van der Waals surface area contributed by atoms with Gasteiger partial charge in [-0.05, 0) is 18.6 Å². The fourth-order valence-corrected chi connectivity index (χ4v) is 3.79. The third-order valence-electron chi connectivity index (χ3n) is 5.94. The van der Waals surface area contributed by atoms with Gasteiger partial charge >= 0.3 is 35.5 Å². The second kappa shape index (κ2) is 27.5. The molecular formula is C39H40ClN6NaO4. The zero-order valence-electron chi connectivity index (χ0n) is 28.0. The van der Waals surface area contributed by atoms with Crippen LogP contribution in [0, 0.1) is 28.1 Å². The molecular weight excluding hydrogens is 675 g/mol. The van der Waals surface area contributed by atoms with Crippen LogP contribution in [-0.4, -0.2) is 35.0 Å². The zero-order chi connectivity index (χ0) is 35.1. The van der Waals surface area contributed by atoms with E-state index in [2.05, 4.69) is 9.97 Å². The number of aromatic amines is 1. The number of aromatic nitrogens is 2. The fourth-order valence-electron chi connectivity index (χ4n) is 3.79. The Kier molecular flexibility index (Phi) is 25.8. The van der Waals surface area contributed by atoms with Crippen LogP contribution in [0.25, 0.3) is 28.7 Å². The largest absolute Gasteiger partial charge is 1.00 e. The van der Waals surface area contributed by atoms with Crippen LogP contribution >= 0.6 is 12.4 Å². The van der Waals surface area contributed by atoms with Gasteiger partial charge in [-0.3, -0.25) is 10.2 Å². The Balaban J connectivity index is 0. The van der Waals surface area contributed by atoms with Gasteiger partial charge in [0.15, 0.2) is 0 Å². The Morgan fingerprint density at radius 1 is 0.882 bits per heavy atom. The van der Waals surface area contributed by atoms with Crippen LogP contribution in [0.3, 0.4) is 0 Å². The van der Waals surface area contributed by atoms with E-state index in [-0.39, 0.29) is 79.6 Å². The number of ether oxygens (including phenoxy) is 1. The topological polar surface area (TPSA) is 193 Å². The van der Waals surface area contributed by atoms with Gasteiger partial charge in [0.2, 0.25) is 0 Å². The number of hydrogen-bond donors (Lipinski definition) is 3. The molecule has 1 heterocycles. The molecule has 0 radical (unpaired) electrons. The van der Waals surface area contributed by atoms with Crippen LogP contribution in [0.1, 0.15) is 38.0 Å². The first kappa shape index (κ1) is 47.8. The van der Waals surface area contributed by atoms with Gasteiger partial charge in [0, 0.05) is 16.7 Å². The van der Waals surface area contributed by atoms with Crippen molar-refractivity contribution in [1.29, 1.82) is 15.9 Å². The van der Waals surface area contributed by atoms with E-state index in [9.17, 15) is 14.9 Å². The van der Waals surface area contributed by atoms with Crippen LogP contribution in [0.5, 0.6) is 0 Å². The number of nitrogens with one attached hydrogen (secondary N) is 2. The molecule has 0 amide bonds. The number of nitrogens with two attached hydrogens (primary N) is 1. The molecule has 0 unspecified atom stereocenters. The van der Waals surface area contributed by atoms with Crippen molar-refractivity contribution in [3.05, 3.63) is 154 Å². The molecule has 0 saturated carbocycles. The first-order valence-electron chi connectivity index (χ1n) is 14.8. The van der Waals surface area contributed by atoms with Crippen LogP contribution in [0.15, 0.2) is 132 Å². The molecule has 0 fully saturated rings. The number of rotatable bonds is 6. The number of nitrogens with zero attached hydrogens (tertiary/aromatic N) is 3. The van der Waals surface area contributed by atoms with Gasteiger partial charge in [0.1, 0.15) is 34.9 Å². The molecule has 0 saturated heterocycles. The minimum atomic E-state index is -0.580. The molecule has 0 atom stereocenters. The van der Waals surface area contributed by atoms with Crippen molar-refractivity contribution >= 4 is 30.3 Å². The molecule has 4 aromatic carbocycles. The number of H-pyrrole nitrogens is 1. The van der Waals surface area contributed by atoms with Crippen molar-refractivity contribution in [2.75, 3.05) is 13.2 Å². The van der Waals surface area contributed by atoms with E-state index in [1.54, 1.807) is 13.8 Å². The Morgan fingerprint density at radius 2 is 1.33 bits per heavy atom. The number of halogens is 1. The number of hydrogen-bond acceptors (Lipinski definition) is 8. The molecule has 0 aliphatic heterocycles. The van der Waals surface area contributed by atoms with Crippen LogP contribution < -0.4 is 46.0 Å². The Hall–Kier alpha value is -5.33. The monoisotopic (exact) mass is 714 g/mol. The average molecular weight is 715 g/mol. The van der Waals surface area contributed by atoms with Gasteiger partial charge in [-0.25, -0.2) is 9.78 Å². The van der Waals surface area contributed by atoms with E-state index < -0.39 is 11.5 Å². The summed E-state index contributed by atoms with van der Waals surface area (Å²) < 4.78 is 4.74. The molecule has 5 rings (SSSR count). The first-order valence-corrected chi connectivity index (χ1v) is 14.8. The second-order valence-corrected chi connectivity index (χ2v) is 9.35. The van der Waals surface area contributed by atoms with Gasteiger partial charge in [-0.1, -0.05) is 136 Å². The first-order chi connectivity index (χ1) is 23.3. The summed E-state index contributed by atoms with van der Waals surface area (Å²) in [4.78, 5) is 30.5. The molecule has 10 nitrogen and oxygen atoms in total. The second-order valence-electron chi connectivity index (χ2n) is 9.35. The normalized spacial score (nSPS) is 9.16. The van der Waals surface area contributed by atoms with Gasteiger partial charge in [-0.15, -0.1) is 19.0 Å². The summed E-state index contributed by atoms with van der Waals surface area (Å²) in [5, 5.41) is 33.9. The summed E-state index contributed by atoms with van der Waals surface area (Å²) in [5.74, 6) is -0.00194. The maximum Gasteiger partial charge on any atom is 1.00 e. The molecule has 12 heteroatoms. The summed E-state index contributed by atoms with van der Waals surface area (Å²) in [6.07, 6.45) is 1.51. The number of amidine groups is 1. The van der Waals surface area contributed by atoms with Crippen molar-refractivity contribution in [3.63, 3.8) is 0 Å². The maximum atomic E-state index is 12.1. The van der Waals surface area contributed by atoms with E-state index in [0.717, 1.165) is 22.3 Å². The number of carbonyl (C=O) groups is 1. The van der Waals surface area contributed by atoms with Crippen molar-refractivity contribution in [1.82, 2.24) is 9.97 Å². The average Bonchev–Trinajstić information content (AvgIpc) is 3.13. The van der Waals surface area contributed by atoms with Crippen LogP contribution in [0.4, 0.5) is 0 Å². The van der Waals surface area contributed by atoms with Crippen LogP contribution in [0.2, 0.25) is 0 Å². The number of nitrogen functional groups attached to an aromatic ring is 1. The smallest absolute Gasteiger partial charge is 0.855 e. The molecule has 0 bridgehead atoms. The molecule has 4 N–H and O–H groups in total. The summed E-state index contributed by atoms with van der Waals surface area (Å²) in [7, 11) is 0. The standard InChI is InChI=1S/C17H11N3O.C12H11NO2.C7H8N2.C2H5O.CH4.ClH.Na/c18-11-14-15(12-7-3-1-4-8-12)19-16(20-17(14)21)13-9-5-2-6-10-13;1-2-15-12(14)11(9-13)8-10-6-4-3-5-7-10;8-7(9)6-4-2-1-3-5-6;1-2-3;;;/h1-10H,(H,19,20,21);3-8H,2H2,1H3;1-5H,(H3,8,9);2H2,1H3;1H4;1H;/q;;;-1;;;+1/b;11-8+;;;;;. The molecule has 5 aromatic rings. The van der Waals surface area contributed by atoms with Crippen molar-refractivity contribution < 1.29 is 44.2 Å². The molecule has 258 valence electrons. The number of nitriles is 2. The minimum Gasteiger partial charge on any atom is -0.855 e. The van der Waals surface area contributed by atoms with E-state index >= 15 is 0 Å². The molecule has 0 spiro atoms. The summed E-state index contributed by atoms with van der Waals surface area (Å²) in [5.41, 5.74) is 8.35. The van der Waals surface area contributed by atoms with Gasteiger partial charge < -0.3 is 20.6 Å². The molecule has 1 aromatic heterocycles. The van der Waals surface area contributed by atoms with Crippen molar-refractivity contribution in [2.24, 2.45) is 5.73 Å². The Bertz CT molecular complexity index is 1910. The SMILES string of the molecule is C.CCOC(=O)/C(C#N)=C/c1ccccc1.CC[O-].Cl.N#Cc1c(-c2ccccc2)nc(-c2ccccc2)[nH]c1=O.N=C(N)c1ccccc1.[Na+]. The predicted molar refractivity (Wildman–Crippen MR) is 199 cm³/mol. The third-order valence-corrected chi connectivity index (χ3v) is 5.94. The number of carbonyl (C=O) groups excluding carboxylic acids is 1. The maximum absolute atomic E-state index is 12.1. The van der Waals surface area contributed by atoms with Gasteiger partial charge in [-0.2, -0.15) is 10.5 Å². The third kappa shape index (κ3) is 16.8. The van der Waals surface area contributed by atoms with E-state index in [1.807, 2.05) is 133 Å². The summed E-state index contributed by atoms with van der Waals surface area (Å²) in [6, 6.07) is 40.8. The number of benzene rings is 4. The number of esters is 1. The quantitative estimate of drug-likeness (QED) is 0.0594. The molecule has 51 heavy (non-hydrogen) atoms. The van der Waals surface area contributed by atoms with Crippen molar-refractivity contribution in [3.8, 4) is 34.8 Å². The minimum absolute atomic E-state index is 0. The molecule has 0 aliphatic carbocycles. The zero-order valence-corrected chi connectivity index (χ0v) is 30.8. The van der Waals surface area contributed by atoms with E-state index in [1.165, 1.54) is 6.08 Å². The van der Waals surface area contributed by atoms with E-state index in [4.69, 9.17) is 26.2 Å². The predicted octanol–water partition coefficient (Wildman–Crippen LogP) is 3.53. The van der Waals surface area contributed by atoms with Crippen LogP contribution in [-0.2, 0) is 9.53 Å². The van der Waals surface area contributed by atoms with E-state index in [0.29, 0.717) is 11.5 Å².